The van der Waals surface area contributed by atoms with Gasteiger partial charge in [-0.25, -0.2) is 0 Å². The lowest BCUT2D eigenvalue weighted by Crippen LogP contribution is -2.36. The Hall–Kier alpha value is -1.46. The van der Waals surface area contributed by atoms with Gasteiger partial charge in [-0.2, -0.15) is 0 Å². The van der Waals surface area contributed by atoms with Gasteiger partial charge in [0.05, 0.1) is 5.75 Å². The van der Waals surface area contributed by atoms with Gasteiger partial charge in [-0.1, -0.05) is 12.1 Å². The number of thioether (sulfide) groups is 1. The highest BCUT2D eigenvalue weighted by Gasteiger charge is 2.21. The number of nitrogen functional groups attached to an aromatic ring is 1. The van der Waals surface area contributed by atoms with Crippen molar-refractivity contribution in [1.29, 1.82) is 0 Å². The van der Waals surface area contributed by atoms with Crippen molar-refractivity contribution >= 4 is 34.7 Å². The van der Waals surface area contributed by atoms with Gasteiger partial charge in [0.1, 0.15) is 0 Å². The third kappa shape index (κ3) is 3.09. The van der Waals surface area contributed by atoms with Crippen LogP contribution in [0.15, 0.2) is 34.5 Å². The van der Waals surface area contributed by atoms with E-state index in [9.17, 15) is 4.79 Å². The molecule has 1 aliphatic heterocycles. The Kier molecular flexibility index (Phi) is 4.22. The Balaban J connectivity index is 1.61. The van der Waals surface area contributed by atoms with Crippen LogP contribution >= 0.6 is 23.1 Å². The van der Waals surface area contributed by atoms with Crippen molar-refractivity contribution < 1.29 is 4.79 Å². The number of nitrogens with two attached hydrogens (primary N) is 1. The number of thiophene rings is 1. The van der Waals surface area contributed by atoms with E-state index in [-0.39, 0.29) is 5.91 Å². The number of benzene rings is 1. The summed E-state index contributed by atoms with van der Waals surface area (Å²) in [5.74, 6) is 0.644. The topological polar surface area (TPSA) is 46.3 Å². The maximum Gasteiger partial charge on any atom is 0.233 e. The molecule has 0 bridgehead atoms. The molecule has 5 heteroatoms. The zero-order valence-electron chi connectivity index (χ0n) is 12.0. The summed E-state index contributed by atoms with van der Waals surface area (Å²) in [6.45, 7) is 3.57. The maximum absolute atomic E-state index is 12.4. The normalized spacial score (nSPS) is 14.0. The lowest BCUT2D eigenvalue weighted by molar-refractivity contribution is -0.129. The zero-order chi connectivity index (χ0) is 14.8. The minimum Gasteiger partial charge on any atom is -0.398 e. The number of aryl methyl sites for hydroxylation is 1. The van der Waals surface area contributed by atoms with Crippen LogP contribution in [0.1, 0.15) is 16.0 Å². The smallest absolute Gasteiger partial charge is 0.233 e. The fourth-order valence-corrected chi connectivity index (χ4v) is 4.31. The highest BCUT2D eigenvalue weighted by atomic mass is 32.2. The maximum atomic E-state index is 12.4. The van der Waals surface area contributed by atoms with Gasteiger partial charge >= 0.3 is 0 Å². The molecule has 2 aromatic rings. The largest absolute Gasteiger partial charge is 0.398 e. The second kappa shape index (κ2) is 6.12. The van der Waals surface area contributed by atoms with Gasteiger partial charge in [0.15, 0.2) is 0 Å². The van der Waals surface area contributed by atoms with Gasteiger partial charge in [-0.3, -0.25) is 4.79 Å². The molecule has 0 fully saturated rings. The molecule has 21 heavy (non-hydrogen) atoms. The molecule has 1 amide bonds. The molecular formula is C16H18N2OS2. The summed E-state index contributed by atoms with van der Waals surface area (Å²) in [5, 5.41) is 2.11. The van der Waals surface area contributed by atoms with E-state index in [1.165, 1.54) is 22.2 Å². The van der Waals surface area contributed by atoms with Crippen LogP contribution in [0, 0.1) is 6.92 Å². The van der Waals surface area contributed by atoms with Crippen molar-refractivity contribution in [2.75, 3.05) is 18.0 Å². The number of para-hydroxylation sites is 1. The van der Waals surface area contributed by atoms with Crippen LogP contribution < -0.4 is 5.73 Å². The van der Waals surface area contributed by atoms with Crippen molar-refractivity contribution in [2.24, 2.45) is 0 Å². The molecule has 1 aromatic heterocycles. The van der Waals surface area contributed by atoms with E-state index >= 15 is 0 Å². The average molecular weight is 318 g/mol. The van der Waals surface area contributed by atoms with Crippen LogP contribution in [0.5, 0.6) is 0 Å². The molecule has 0 aliphatic carbocycles. The van der Waals surface area contributed by atoms with Crippen molar-refractivity contribution in [2.45, 2.75) is 24.8 Å². The molecule has 1 aromatic carbocycles. The first-order valence-corrected chi connectivity index (χ1v) is 8.82. The van der Waals surface area contributed by atoms with Crippen LogP contribution in [0.4, 0.5) is 5.69 Å². The Morgan fingerprint density at radius 1 is 1.43 bits per heavy atom. The summed E-state index contributed by atoms with van der Waals surface area (Å²) < 4.78 is 0. The van der Waals surface area contributed by atoms with Crippen LogP contribution in [0.3, 0.4) is 0 Å². The molecule has 0 spiro atoms. The Bertz CT molecular complexity index is 666. The number of nitrogens with zero attached hydrogens (tertiary/aromatic N) is 1. The number of fused-ring (bicyclic) bond motifs is 1. The van der Waals surface area contributed by atoms with Crippen molar-refractivity contribution in [3.8, 4) is 0 Å². The van der Waals surface area contributed by atoms with E-state index in [4.69, 9.17) is 5.73 Å². The van der Waals surface area contributed by atoms with Gasteiger partial charge in [-0.05, 0) is 42.0 Å². The van der Waals surface area contributed by atoms with E-state index in [2.05, 4.69) is 11.4 Å². The Morgan fingerprint density at radius 2 is 2.29 bits per heavy atom. The number of carbonyl (C=O) groups is 1. The predicted molar refractivity (Wildman–Crippen MR) is 89.8 cm³/mol. The number of amides is 1. The lowest BCUT2D eigenvalue weighted by Gasteiger charge is -2.27. The van der Waals surface area contributed by atoms with Crippen LogP contribution in [0.25, 0.3) is 0 Å². The Morgan fingerprint density at radius 3 is 3.14 bits per heavy atom. The first-order chi connectivity index (χ1) is 10.1. The number of hydrogen-bond donors (Lipinski definition) is 1. The standard InChI is InChI=1S/C16H18N2OS2/c1-11-3-2-4-14(16(11)17)21-10-15(19)18-7-5-13-12(9-18)6-8-20-13/h2-4,6,8H,5,7,9-10,17H2,1H3. The molecule has 1 aliphatic rings. The van der Waals surface area contributed by atoms with Crippen LogP contribution in [-0.4, -0.2) is 23.1 Å². The number of hydrogen-bond acceptors (Lipinski definition) is 4. The highest BCUT2D eigenvalue weighted by molar-refractivity contribution is 8.00. The molecular weight excluding hydrogens is 300 g/mol. The third-order valence-electron chi connectivity index (χ3n) is 3.80. The summed E-state index contributed by atoms with van der Waals surface area (Å²) >= 11 is 3.33. The molecule has 0 atom stereocenters. The van der Waals surface area contributed by atoms with Gasteiger partial charge in [0, 0.05) is 28.5 Å². The van der Waals surface area contributed by atoms with E-state index in [1.807, 2.05) is 30.0 Å². The molecule has 3 rings (SSSR count). The summed E-state index contributed by atoms with van der Waals surface area (Å²) in [6.07, 6.45) is 0.982. The number of carbonyl (C=O) groups excluding carboxylic acids is 1. The minimum atomic E-state index is 0.192. The summed E-state index contributed by atoms with van der Waals surface area (Å²) in [4.78, 5) is 16.7. The van der Waals surface area contributed by atoms with Crippen molar-refractivity contribution in [1.82, 2.24) is 4.90 Å². The summed E-state index contributed by atoms with van der Waals surface area (Å²) in [7, 11) is 0. The second-order valence-electron chi connectivity index (χ2n) is 5.21. The zero-order valence-corrected chi connectivity index (χ0v) is 13.6. The molecule has 110 valence electrons. The van der Waals surface area contributed by atoms with Gasteiger partial charge in [-0.15, -0.1) is 23.1 Å². The van der Waals surface area contributed by atoms with E-state index in [1.54, 1.807) is 11.3 Å². The highest BCUT2D eigenvalue weighted by Crippen LogP contribution is 2.29. The van der Waals surface area contributed by atoms with E-state index in [0.29, 0.717) is 5.75 Å². The molecule has 2 N–H and O–H groups in total. The molecule has 0 saturated carbocycles. The fraction of sp³-hybridized carbons (Fsp3) is 0.312. The van der Waals surface area contributed by atoms with Gasteiger partial charge in [0.25, 0.3) is 0 Å². The summed E-state index contributed by atoms with van der Waals surface area (Å²) in [5.41, 5.74) is 9.21. The Labute approximate surface area is 133 Å². The first-order valence-electron chi connectivity index (χ1n) is 6.96. The summed E-state index contributed by atoms with van der Waals surface area (Å²) in [6, 6.07) is 8.08. The predicted octanol–water partition coefficient (Wildman–Crippen LogP) is 3.32. The molecule has 3 nitrogen and oxygen atoms in total. The van der Waals surface area contributed by atoms with Crippen LogP contribution in [0.2, 0.25) is 0 Å². The van der Waals surface area contributed by atoms with Crippen molar-refractivity contribution in [3.63, 3.8) is 0 Å². The van der Waals surface area contributed by atoms with Gasteiger partial charge < -0.3 is 10.6 Å². The monoisotopic (exact) mass is 318 g/mol. The van der Waals surface area contributed by atoms with E-state index < -0.39 is 0 Å². The number of rotatable bonds is 3. The van der Waals surface area contributed by atoms with Crippen molar-refractivity contribution in [3.05, 3.63) is 45.6 Å². The second-order valence-corrected chi connectivity index (χ2v) is 7.23. The lowest BCUT2D eigenvalue weighted by atomic mass is 10.1. The fourth-order valence-electron chi connectivity index (χ4n) is 2.47. The molecule has 0 saturated heterocycles. The SMILES string of the molecule is Cc1cccc(SCC(=O)N2CCc3sccc3C2)c1N. The van der Waals surface area contributed by atoms with E-state index in [0.717, 1.165) is 35.7 Å². The first kappa shape index (κ1) is 14.5. The van der Waals surface area contributed by atoms with Gasteiger partial charge in [0.2, 0.25) is 5.91 Å². The minimum absolute atomic E-state index is 0.192. The molecule has 0 radical (unpaired) electrons. The van der Waals surface area contributed by atoms with Crippen LogP contribution in [-0.2, 0) is 17.8 Å². The molecule has 2 heterocycles. The average Bonchev–Trinajstić information content (AvgIpc) is 2.96. The third-order valence-corrected chi connectivity index (χ3v) is 5.88. The molecule has 0 unspecified atom stereocenters. The quantitative estimate of drug-likeness (QED) is 0.697. The number of anilines is 1.